The van der Waals surface area contributed by atoms with E-state index < -0.39 is 10.1 Å². The van der Waals surface area contributed by atoms with Crippen LogP contribution in [0.4, 0.5) is 0 Å². The summed E-state index contributed by atoms with van der Waals surface area (Å²) in [4.78, 5) is -0.162. The number of rotatable bonds is 6. The molecule has 2 rings (SSSR count). The molecular formula is C14H13IO5S. The first kappa shape index (κ1) is 16.1. The second-order valence-electron chi connectivity index (χ2n) is 4.10. The van der Waals surface area contributed by atoms with Crippen molar-refractivity contribution in [1.82, 2.24) is 0 Å². The quantitative estimate of drug-likeness (QED) is 0.442. The number of hydrogen-bond acceptors (Lipinski definition) is 4. The van der Waals surface area contributed by atoms with E-state index in [4.69, 9.17) is 14.0 Å². The van der Waals surface area contributed by atoms with Crippen LogP contribution in [0.25, 0.3) is 0 Å². The average Bonchev–Trinajstić information content (AvgIpc) is 2.45. The monoisotopic (exact) mass is 420 g/mol. The van der Waals surface area contributed by atoms with Gasteiger partial charge in [0.15, 0.2) is 0 Å². The van der Waals surface area contributed by atoms with Gasteiger partial charge in [-0.2, -0.15) is 8.42 Å². The fourth-order valence-corrected chi connectivity index (χ4v) is 2.40. The van der Waals surface area contributed by atoms with Crippen LogP contribution in [0.3, 0.4) is 0 Å². The maximum absolute atomic E-state index is 10.9. The molecule has 21 heavy (non-hydrogen) atoms. The molecule has 0 saturated carbocycles. The normalized spacial score (nSPS) is 11.1. The third-order valence-corrected chi connectivity index (χ3v) is 4.14. The molecule has 0 aromatic heterocycles. The Morgan fingerprint density at radius 2 is 1.29 bits per heavy atom. The van der Waals surface area contributed by atoms with E-state index in [0.717, 1.165) is 9.32 Å². The fourth-order valence-electron chi connectivity index (χ4n) is 1.56. The smallest absolute Gasteiger partial charge is 0.294 e. The van der Waals surface area contributed by atoms with E-state index in [1.807, 2.05) is 24.3 Å². The van der Waals surface area contributed by atoms with Crippen molar-refractivity contribution in [3.63, 3.8) is 0 Å². The molecule has 7 heteroatoms. The second kappa shape index (κ2) is 7.10. The van der Waals surface area contributed by atoms with Gasteiger partial charge in [0.05, 0.1) is 4.90 Å². The van der Waals surface area contributed by atoms with Gasteiger partial charge in [-0.3, -0.25) is 4.55 Å². The summed E-state index contributed by atoms with van der Waals surface area (Å²) in [6.07, 6.45) is 0. The van der Waals surface area contributed by atoms with Crippen molar-refractivity contribution in [3.05, 3.63) is 52.1 Å². The Morgan fingerprint density at radius 3 is 1.71 bits per heavy atom. The van der Waals surface area contributed by atoms with Gasteiger partial charge in [0.1, 0.15) is 24.7 Å². The Morgan fingerprint density at radius 1 is 0.857 bits per heavy atom. The summed E-state index contributed by atoms with van der Waals surface area (Å²) in [6.45, 7) is 0.706. The van der Waals surface area contributed by atoms with Crippen molar-refractivity contribution in [3.8, 4) is 11.5 Å². The predicted molar refractivity (Wildman–Crippen MR) is 86.4 cm³/mol. The molecule has 0 fully saturated rings. The van der Waals surface area contributed by atoms with Gasteiger partial charge >= 0.3 is 0 Å². The lowest BCUT2D eigenvalue weighted by Crippen LogP contribution is -2.09. The molecule has 0 heterocycles. The molecule has 0 radical (unpaired) electrons. The minimum absolute atomic E-state index is 0.162. The van der Waals surface area contributed by atoms with E-state index in [9.17, 15) is 8.42 Å². The van der Waals surface area contributed by atoms with E-state index in [0.29, 0.717) is 19.0 Å². The molecule has 0 aliphatic carbocycles. The summed E-state index contributed by atoms with van der Waals surface area (Å²) in [7, 11) is -4.17. The molecule has 2 aromatic rings. The summed E-state index contributed by atoms with van der Waals surface area (Å²) in [6, 6.07) is 13.2. The number of hydrogen-bond donors (Lipinski definition) is 1. The van der Waals surface area contributed by atoms with Crippen LogP contribution in [-0.4, -0.2) is 26.2 Å². The standard InChI is InChI=1S/C14H13IO5S/c15-11-1-3-12(4-2-11)19-9-10-20-13-5-7-14(8-6-13)21(16,17)18/h1-8H,9-10H2,(H,16,17,18). The van der Waals surface area contributed by atoms with Crippen molar-refractivity contribution < 1.29 is 22.4 Å². The summed E-state index contributed by atoms with van der Waals surface area (Å²) in [5, 5.41) is 0. The molecule has 0 saturated heterocycles. The average molecular weight is 420 g/mol. The molecule has 0 aliphatic heterocycles. The third-order valence-electron chi connectivity index (χ3n) is 2.56. The van der Waals surface area contributed by atoms with Gasteiger partial charge in [0, 0.05) is 3.57 Å². The van der Waals surface area contributed by atoms with Gasteiger partial charge in [-0.1, -0.05) is 0 Å². The molecule has 0 atom stereocenters. The van der Waals surface area contributed by atoms with Crippen molar-refractivity contribution >= 4 is 32.7 Å². The highest BCUT2D eigenvalue weighted by Crippen LogP contribution is 2.16. The van der Waals surface area contributed by atoms with Crippen molar-refractivity contribution in [2.24, 2.45) is 0 Å². The predicted octanol–water partition coefficient (Wildman–Crippen LogP) is 3.00. The highest BCUT2D eigenvalue weighted by molar-refractivity contribution is 14.1. The lowest BCUT2D eigenvalue weighted by atomic mass is 10.3. The zero-order valence-electron chi connectivity index (χ0n) is 10.9. The van der Waals surface area contributed by atoms with E-state index in [1.54, 1.807) is 0 Å². The first-order chi connectivity index (χ1) is 9.95. The summed E-state index contributed by atoms with van der Waals surface area (Å²) in [5.41, 5.74) is 0. The van der Waals surface area contributed by atoms with Crippen molar-refractivity contribution in [2.75, 3.05) is 13.2 Å². The van der Waals surface area contributed by atoms with E-state index in [1.165, 1.54) is 24.3 Å². The van der Waals surface area contributed by atoms with Crippen molar-refractivity contribution in [1.29, 1.82) is 0 Å². The second-order valence-corrected chi connectivity index (χ2v) is 6.76. The molecule has 2 aromatic carbocycles. The number of halogens is 1. The lowest BCUT2D eigenvalue weighted by Gasteiger charge is -2.08. The summed E-state index contributed by atoms with van der Waals surface area (Å²) in [5.74, 6) is 1.27. The minimum Gasteiger partial charge on any atom is -0.490 e. The SMILES string of the molecule is O=S(=O)(O)c1ccc(OCCOc2ccc(I)cc2)cc1. The summed E-state index contributed by atoms with van der Waals surface area (Å²) < 4.78 is 42.7. The Kier molecular flexibility index (Phi) is 5.43. The van der Waals surface area contributed by atoms with Crippen LogP contribution in [0, 0.1) is 3.57 Å². The van der Waals surface area contributed by atoms with Crippen LogP contribution < -0.4 is 9.47 Å². The molecule has 0 aliphatic rings. The highest BCUT2D eigenvalue weighted by atomic mass is 127. The van der Waals surface area contributed by atoms with E-state index in [2.05, 4.69) is 22.6 Å². The first-order valence-electron chi connectivity index (χ1n) is 6.04. The maximum Gasteiger partial charge on any atom is 0.294 e. The first-order valence-corrected chi connectivity index (χ1v) is 8.56. The van der Waals surface area contributed by atoms with Crippen LogP contribution in [0.1, 0.15) is 0 Å². The topological polar surface area (TPSA) is 72.8 Å². The molecule has 1 N–H and O–H groups in total. The highest BCUT2D eigenvalue weighted by Gasteiger charge is 2.08. The molecular weight excluding hydrogens is 407 g/mol. The van der Waals surface area contributed by atoms with Gasteiger partial charge in [0.2, 0.25) is 0 Å². The molecule has 0 amide bonds. The van der Waals surface area contributed by atoms with Crippen LogP contribution >= 0.6 is 22.6 Å². The number of ether oxygens (including phenoxy) is 2. The van der Waals surface area contributed by atoms with Gasteiger partial charge in [-0.25, -0.2) is 0 Å². The Labute approximate surface area is 136 Å². The molecule has 112 valence electrons. The fraction of sp³-hybridized carbons (Fsp3) is 0.143. The van der Waals surface area contributed by atoms with Gasteiger partial charge in [0.25, 0.3) is 10.1 Å². The van der Waals surface area contributed by atoms with Gasteiger partial charge < -0.3 is 9.47 Å². The third kappa shape index (κ3) is 5.18. The van der Waals surface area contributed by atoms with E-state index in [-0.39, 0.29) is 4.90 Å². The Bertz CT molecular complexity index is 680. The Hall–Kier alpha value is -1.32. The zero-order chi connectivity index (χ0) is 15.3. The minimum atomic E-state index is -4.17. The van der Waals surface area contributed by atoms with Crippen molar-refractivity contribution in [2.45, 2.75) is 4.90 Å². The van der Waals surface area contributed by atoms with Gasteiger partial charge in [-0.05, 0) is 71.1 Å². The molecule has 0 bridgehead atoms. The molecule has 0 unspecified atom stereocenters. The Balaban J connectivity index is 1.80. The maximum atomic E-state index is 10.9. The van der Waals surface area contributed by atoms with Crippen LogP contribution in [-0.2, 0) is 10.1 Å². The molecule has 0 spiro atoms. The number of benzene rings is 2. The zero-order valence-corrected chi connectivity index (χ0v) is 13.9. The largest absolute Gasteiger partial charge is 0.490 e. The summed E-state index contributed by atoms with van der Waals surface area (Å²) >= 11 is 2.22. The lowest BCUT2D eigenvalue weighted by molar-refractivity contribution is 0.217. The van der Waals surface area contributed by atoms with Gasteiger partial charge in [-0.15, -0.1) is 0 Å². The molecule has 5 nitrogen and oxygen atoms in total. The van der Waals surface area contributed by atoms with E-state index >= 15 is 0 Å². The van der Waals surface area contributed by atoms with Crippen LogP contribution in [0.2, 0.25) is 0 Å². The van der Waals surface area contributed by atoms with Crippen LogP contribution in [0.5, 0.6) is 11.5 Å². The van der Waals surface area contributed by atoms with Crippen LogP contribution in [0.15, 0.2) is 53.4 Å².